The number of ether oxygens (including phenoxy) is 2. The Balaban J connectivity index is 2.49. The highest BCUT2D eigenvalue weighted by Crippen LogP contribution is 2.35. The fourth-order valence-electron chi connectivity index (χ4n) is 1.30. The highest BCUT2D eigenvalue weighted by atomic mass is 35.5. The number of fused-ring (bicyclic) bond motifs is 1. The summed E-state index contributed by atoms with van der Waals surface area (Å²) in [5.74, 6) is 0.911. The van der Waals surface area contributed by atoms with Gasteiger partial charge in [0.15, 0.2) is 11.5 Å². The van der Waals surface area contributed by atoms with Gasteiger partial charge in [-0.25, -0.2) is 0 Å². The summed E-state index contributed by atoms with van der Waals surface area (Å²) >= 11 is 5.90. The molecule has 0 amide bonds. The Morgan fingerprint density at radius 2 is 1.93 bits per heavy atom. The predicted molar refractivity (Wildman–Crippen MR) is 52.3 cm³/mol. The van der Waals surface area contributed by atoms with Crippen LogP contribution in [0.5, 0.6) is 11.5 Å². The quantitative estimate of drug-likeness (QED) is 0.635. The van der Waals surface area contributed by atoms with Crippen LogP contribution in [0.4, 0.5) is 0 Å². The molecule has 0 aliphatic carbocycles. The molecule has 1 aliphatic heterocycles. The van der Waals surface area contributed by atoms with Crippen LogP contribution in [-0.4, -0.2) is 30.4 Å². The van der Waals surface area contributed by atoms with E-state index in [4.69, 9.17) is 31.1 Å². The van der Waals surface area contributed by atoms with Crippen molar-refractivity contribution in [1.82, 2.24) is 0 Å². The molecule has 14 heavy (non-hydrogen) atoms. The second-order valence-electron chi connectivity index (χ2n) is 2.87. The summed E-state index contributed by atoms with van der Waals surface area (Å²) < 4.78 is 10.5. The maximum Gasteiger partial charge on any atom is 0.490 e. The van der Waals surface area contributed by atoms with E-state index in [1.165, 1.54) is 6.07 Å². The van der Waals surface area contributed by atoms with Crippen molar-refractivity contribution in [1.29, 1.82) is 0 Å². The third-order valence-corrected chi connectivity index (χ3v) is 2.35. The summed E-state index contributed by atoms with van der Waals surface area (Å²) in [7, 11) is -1.60. The van der Waals surface area contributed by atoms with Gasteiger partial charge in [-0.2, -0.15) is 0 Å². The molecule has 0 saturated heterocycles. The van der Waals surface area contributed by atoms with Crippen LogP contribution in [0.3, 0.4) is 0 Å². The zero-order chi connectivity index (χ0) is 10.1. The SMILES string of the molecule is OB(O)c1ccc2c(c1Cl)OCCO2. The molecule has 6 heteroatoms. The Hall–Kier alpha value is -0.905. The van der Waals surface area contributed by atoms with Crippen LogP contribution in [0.15, 0.2) is 12.1 Å². The second kappa shape index (κ2) is 3.69. The first-order valence-electron chi connectivity index (χ1n) is 4.14. The first-order valence-corrected chi connectivity index (χ1v) is 4.52. The van der Waals surface area contributed by atoms with E-state index in [0.717, 1.165) is 0 Å². The number of benzene rings is 1. The number of hydrogen-bond acceptors (Lipinski definition) is 4. The minimum atomic E-state index is -1.60. The molecular formula is C8H8BClO4. The van der Waals surface area contributed by atoms with Crippen molar-refractivity contribution in [3.05, 3.63) is 17.2 Å². The highest BCUT2D eigenvalue weighted by Gasteiger charge is 2.23. The molecule has 0 radical (unpaired) electrons. The fourth-order valence-corrected chi connectivity index (χ4v) is 1.60. The Morgan fingerprint density at radius 3 is 2.64 bits per heavy atom. The van der Waals surface area contributed by atoms with Gasteiger partial charge in [0.05, 0.1) is 5.02 Å². The van der Waals surface area contributed by atoms with Gasteiger partial charge in [-0.3, -0.25) is 0 Å². The lowest BCUT2D eigenvalue weighted by atomic mass is 9.80. The minimum Gasteiger partial charge on any atom is -0.486 e. The van der Waals surface area contributed by atoms with E-state index in [0.29, 0.717) is 24.7 Å². The summed E-state index contributed by atoms with van der Waals surface area (Å²) in [6, 6.07) is 3.11. The number of halogens is 1. The van der Waals surface area contributed by atoms with E-state index in [9.17, 15) is 0 Å². The van der Waals surface area contributed by atoms with Crippen molar-refractivity contribution in [2.24, 2.45) is 0 Å². The summed E-state index contributed by atoms with van der Waals surface area (Å²) in [6.07, 6.45) is 0. The smallest absolute Gasteiger partial charge is 0.486 e. The van der Waals surface area contributed by atoms with Gasteiger partial charge in [0.1, 0.15) is 13.2 Å². The van der Waals surface area contributed by atoms with E-state index < -0.39 is 7.12 Å². The molecule has 4 nitrogen and oxygen atoms in total. The van der Waals surface area contributed by atoms with Crippen molar-refractivity contribution in [3.63, 3.8) is 0 Å². The standard InChI is InChI=1S/C8H8BClO4/c10-7-5(9(11)12)1-2-6-8(7)14-4-3-13-6/h1-2,11-12H,3-4H2. The van der Waals surface area contributed by atoms with E-state index in [2.05, 4.69) is 0 Å². The van der Waals surface area contributed by atoms with Crippen molar-refractivity contribution in [2.75, 3.05) is 13.2 Å². The molecular weight excluding hydrogens is 206 g/mol. The lowest BCUT2D eigenvalue weighted by Crippen LogP contribution is -2.31. The van der Waals surface area contributed by atoms with Crippen LogP contribution in [-0.2, 0) is 0 Å². The Kier molecular flexibility index (Phi) is 2.54. The minimum absolute atomic E-state index is 0.192. The van der Waals surface area contributed by atoms with Crippen LogP contribution in [0.25, 0.3) is 0 Å². The summed E-state index contributed by atoms with van der Waals surface area (Å²) in [4.78, 5) is 0. The van der Waals surface area contributed by atoms with Gasteiger partial charge in [-0.15, -0.1) is 0 Å². The Bertz CT molecular complexity index is 355. The van der Waals surface area contributed by atoms with Gasteiger partial charge in [0, 0.05) is 5.46 Å². The third kappa shape index (κ3) is 1.54. The van der Waals surface area contributed by atoms with Crippen molar-refractivity contribution in [3.8, 4) is 11.5 Å². The number of hydrogen-bond donors (Lipinski definition) is 2. The molecule has 0 fully saturated rings. The van der Waals surface area contributed by atoms with Crippen LogP contribution in [0.2, 0.25) is 5.02 Å². The van der Waals surface area contributed by atoms with Gasteiger partial charge >= 0.3 is 7.12 Å². The van der Waals surface area contributed by atoms with Gasteiger partial charge in [0.25, 0.3) is 0 Å². The summed E-state index contributed by atoms with van der Waals surface area (Å²) in [6.45, 7) is 0.891. The van der Waals surface area contributed by atoms with Gasteiger partial charge in [-0.05, 0) is 6.07 Å². The molecule has 1 heterocycles. The Labute approximate surface area is 86.2 Å². The topological polar surface area (TPSA) is 58.9 Å². The molecule has 1 aromatic carbocycles. The monoisotopic (exact) mass is 214 g/mol. The van der Waals surface area contributed by atoms with Crippen LogP contribution < -0.4 is 14.9 Å². The van der Waals surface area contributed by atoms with Gasteiger partial charge < -0.3 is 19.5 Å². The molecule has 0 atom stereocenters. The molecule has 0 bridgehead atoms. The van der Waals surface area contributed by atoms with Gasteiger partial charge in [0.2, 0.25) is 0 Å². The molecule has 1 aromatic rings. The molecule has 2 N–H and O–H groups in total. The molecule has 0 spiro atoms. The van der Waals surface area contributed by atoms with E-state index in [1.807, 2.05) is 0 Å². The van der Waals surface area contributed by atoms with Gasteiger partial charge in [-0.1, -0.05) is 17.7 Å². The largest absolute Gasteiger partial charge is 0.490 e. The summed E-state index contributed by atoms with van der Waals surface area (Å²) in [5.41, 5.74) is 0.218. The van der Waals surface area contributed by atoms with E-state index in [-0.39, 0.29) is 10.5 Å². The zero-order valence-corrected chi connectivity index (χ0v) is 7.99. The van der Waals surface area contributed by atoms with Crippen molar-refractivity contribution in [2.45, 2.75) is 0 Å². The van der Waals surface area contributed by atoms with Crippen LogP contribution >= 0.6 is 11.6 Å². The predicted octanol–water partition coefficient (Wildman–Crippen LogP) is -0.209. The molecule has 1 aliphatic rings. The fraction of sp³-hybridized carbons (Fsp3) is 0.250. The molecule has 0 saturated carbocycles. The number of rotatable bonds is 1. The maximum absolute atomic E-state index is 8.98. The van der Waals surface area contributed by atoms with E-state index in [1.54, 1.807) is 6.07 Å². The lowest BCUT2D eigenvalue weighted by Gasteiger charge is -2.20. The molecule has 0 aromatic heterocycles. The average Bonchev–Trinajstić information content (AvgIpc) is 2.18. The highest BCUT2D eigenvalue weighted by molar-refractivity contribution is 6.63. The first kappa shape index (κ1) is 9.64. The average molecular weight is 214 g/mol. The van der Waals surface area contributed by atoms with Crippen molar-refractivity contribution >= 4 is 24.2 Å². The first-order chi connectivity index (χ1) is 6.70. The lowest BCUT2D eigenvalue weighted by molar-refractivity contribution is 0.172. The zero-order valence-electron chi connectivity index (χ0n) is 7.24. The maximum atomic E-state index is 8.98. The molecule has 74 valence electrons. The van der Waals surface area contributed by atoms with Crippen LogP contribution in [0.1, 0.15) is 0 Å². The molecule has 0 unspecified atom stereocenters. The molecule has 2 rings (SSSR count). The normalized spacial score (nSPS) is 13.9. The Morgan fingerprint density at radius 1 is 1.21 bits per heavy atom. The van der Waals surface area contributed by atoms with E-state index >= 15 is 0 Å². The second-order valence-corrected chi connectivity index (χ2v) is 3.24. The van der Waals surface area contributed by atoms with Crippen molar-refractivity contribution < 1.29 is 19.5 Å². The van der Waals surface area contributed by atoms with Crippen LogP contribution in [0, 0.1) is 0 Å². The third-order valence-electron chi connectivity index (χ3n) is 1.96. The summed E-state index contributed by atoms with van der Waals surface area (Å²) in [5, 5.41) is 18.2.